The number of rotatable bonds is 5. The van der Waals surface area contributed by atoms with E-state index in [1.165, 1.54) is 0 Å². The van der Waals surface area contributed by atoms with Crippen molar-refractivity contribution in [2.24, 2.45) is 0 Å². The summed E-state index contributed by atoms with van der Waals surface area (Å²) in [6, 6.07) is 0. The first-order chi connectivity index (χ1) is 9.30. The van der Waals surface area contributed by atoms with Crippen LogP contribution in [0, 0.1) is 0 Å². The highest BCUT2D eigenvalue weighted by Gasteiger charge is 2.80. The molecule has 1 atom stereocenters. The molecule has 1 saturated heterocycles. The molecule has 1 heterocycles. The Labute approximate surface area is 118 Å². The normalized spacial score (nSPS) is 21.3. The molecule has 0 amide bonds. The molecule has 0 aromatic rings. The highest BCUT2D eigenvalue weighted by molar-refractivity contribution is 7.90. The first kappa shape index (κ1) is 18.6. The lowest BCUT2D eigenvalue weighted by atomic mass is 10.2. The standard InChI is InChI=1S/C8H11F6NO4S2/c9-6(10,7(11,12)20(16)17)8(13,14)21(18,19)15-4-2-1-3-5-15/h1-5H2,(H,16,17). The number of nitrogens with zero attached hydrogens (tertiary/aromatic N) is 1. The molecule has 1 unspecified atom stereocenters. The minimum Gasteiger partial charge on any atom is -0.301 e. The third kappa shape index (κ3) is 2.80. The van der Waals surface area contributed by atoms with Crippen LogP contribution < -0.4 is 0 Å². The number of halogens is 6. The molecule has 0 aliphatic carbocycles. The molecule has 1 aliphatic heterocycles. The lowest BCUT2D eigenvalue weighted by Gasteiger charge is -2.35. The van der Waals surface area contributed by atoms with E-state index in [-0.39, 0.29) is 17.1 Å². The van der Waals surface area contributed by atoms with Crippen LogP contribution in [0.15, 0.2) is 0 Å². The molecule has 0 saturated carbocycles. The molecule has 1 rings (SSSR count). The first-order valence-electron chi connectivity index (χ1n) is 5.54. The van der Waals surface area contributed by atoms with E-state index in [2.05, 4.69) is 0 Å². The zero-order valence-electron chi connectivity index (χ0n) is 10.2. The van der Waals surface area contributed by atoms with Crippen molar-refractivity contribution in [3.63, 3.8) is 0 Å². The SMILES string of the molecule is O=S(O)C(F)(F)C(F)(F)C(F)(F)S(=O)(=O)N1CCCCC1. The molecule has 13 heteroatoms. The van der Waals surface area contributed by atoms with Gasteiger partial charge < -0.3 is 4.55 Å². The smallest absolute Gasteiger partial charge is 0.301 e. The van der Waals surface area contributed by atoms with E-state index in [1.54, 1.807) is 0 Å². The van der Waals surface area contributed by atoms with Gasteiger partial charge in [0.2, 0.25) is 11.1 Å². The Morgan fingerprint density at radius 2 is 1.38 bits per heavy atom. The van der Waals surface area contributed by atoms with E-state index in [9.17, 15) is 39.0 Å². The molecule has 126 valence electrons. The van der Waals surface area contributed by atoms with Crippen LogP contribution in [-0.4, -0.2) is 51.0 Å². The number of piperidine rings is 1. The molecule has 1 N–H and O–H groups in total. The summed E-state index contributed by atoms with van der Waals surface area (Å²) in [5, 5.41) is -12.3. The zero-order chi connectivity index (χ0) is 16.7. The molecule has 5 nitrogen and oxygen atoms in total. The van der Waals surface area contributed by atoms with Crippen molar-refractivity contribution in [1.29, 1.82) is 0 Å². The molecule has 0 spiro atoms. The number of alkyl halides is 6. The molecule has 0 bridgehead atoms. The van der Waals surface area contributed by atoms with E-state index in [0.29, 0.717) is 6.42 Å². The van der Waals surface area contributed by atoms with Crippen molar-refractivity contribution in [1.82, 2.24) is 4.31 Å². The Hall–Kier alpha value is -0.400. The van der Waals surface area contributed by atoms with Crippen molar-refractivity contribution >= 4 is 21.1 Å². The van der Waals surface area contributed by atoms with E-state index < -0.39 is 50.6 Å². The van der Waals surface area contributed by atoms with E-state index in [1.807, 2.05) is 0 Å². The van der Waals surface area contributed by atoms with Gasteiger partial charge >= 0.3 is 16.4 Å². The van der Waals surface area contributed by atoms with Crippen LogP contribution in [0.1, 0.15) is 19.3 Å². The van der Waals surface area contributed by atoms with Gasteiger partial charge in [0.25, 0.3) is 10.0 Å². The Balaban J connectivity index is 3.28. The van der Waals surface area contributed by atoms with Gasteiger partial charge in [0.05, 0.1) is 0 Å². The average Bonchev–Trinajstić information content (AvgIpc) is 2.38. The van der Waals surface area contributed by atoms with Gasteiger partial charge in [-0.15, -0.1) is 0 Å². The molecule has 0 radical (unpaired) electrons. The topological polar surface area (TPSA) is 74.7 Å². The van der Waals surface area contributed by atoms with Crippen LogP contribution in [0.3, 0.4) is 0 Å². The fourth-order valence-corrected chi connectivity index (χ4v) is 3.64. The van der Waals surface area contributed by atoms with Crippen molar-refractivity contribution in [2.75, 3.05) is 13.1 Å². The molecular weight excluding hydrogens is 352 g/mol. The van der Waals surface area contributed by atoms with Crippen molar-refractivity contribution in [3.8, 4) is 0 Å². The molecule has 0 aromatic heterocycles. The van der Waals surface area contributed by atoms with Crippen LogP contribution >= 0.6 is 0 Å². The van der Waals surface area contributed by atoms with Gasteiger partial charge in [-0.2, -0.15) is 30.6 Å². The molecule has 0 aromatic carbocycles. The van der Waals surface area contributed by atoms with Crippen LogP contribution in [0.2, 0.25) is 0 Å². The van der Waals surface area contributed by atoms with Gasteiger partial charge in [0.1, 0.15) is 0 Å². The Kier molecular flexibility index (Phi) is 5.03. The summed E-state index contributed by atoms with van der Waals surface area (Å²) in [5.41, 5.74) is 0. The minimum atomic E-state index is -6.55. The first-order valence-corrected chi connectivity index (χ1v) is 8.09. The van der Waals surface area contributed by atoms with E-state index in [4.69, 9.17) is 4.55 Å². The maximum atomic E-state index is 13.5. The summed E-state index contributed by atoms with van der Waals surface area (Å²) < 4.78 is 120. The van der Waals surface area contributed by atoms with Crippen LogP contribution in [0.5, 0.6) is 0 Å². The second kappa shape index (κ2) is 5.66. The van der Waals surface area contributed by atoms with Crippen LogP contribution in [0.4, 0.5) is 26.3 Å². The molecule has 21 heavy (non-hydrogen) atoms. The Bertz CT molecular complexity index is 517. The van der Waals surface area contributed by atoms with Gasteiger partial charge in [0.15, 0.2) is 0 Å². The highest BCUT2D eigenvalue weighted by atomic mass is 32.2. The predicted octanol–water partition coefficient (Wildman–Crippen LogP) is 1.84. The largest absolute Gasteiger partial charge is 0.428 e. The molecule has 1 fully saturated rings. The Morgan fingerprint density at radius 1 is 0.952 bits per heavy atom. The quantitative estimate of drug-likeness (QED) is 0.598. The van der Waals surface area contributed by atoms with E-state index in [0.717, 1.165) is 0 Å². The average molecular weight is 363 g/mol. The van der Waals surface area contributed by atoms with Crippen LogP contribution in [0.25, 0.3) is 0 Å². The summed E-state index contributed by atoms with van der Waals surface area (Å²) in [6.07, 6.45) is 0.706. The number of sulfonamides is 1. The monoisotopic (exact) mass is 363 g/mol. The maximum absolute atomic E-state index is 13.5. The third-order valence-corrected chi connectivity index (χ3v) is 5.57. The zero-order valence-corrected chi connectivity index (χ0v) is 11.9. The summed E-state index contributed by atoms with van der Waals surface area (Å²) in [7, 11) is -6.11. The second-order valence-electron chi connectivity index (χ2n) is 4.32. The van der Waals surface area contributed by atoms with Gasteiger partial charge in [-0.3, -0.25) is 0 Å². The van der Waals surface area contributed by atoms with Crippen molar-refractivity contribution in [3.05, 3.63) is 0 Å². The van der Waals surface area contributed by atoms with Gasteiger partial charge in [-0.25, -0.2) is 12.6 Å². The lowest BCUT2D eigenvalue weighted by molar-refractivity contribution is -0.245. The maximum Gasteiger partial charge on any atom is 0.428 e. The number of hydrogen-bond donors (Lipinski definition) is 1. The Morgan fingerprint density at radius 3 is 1.76 bits per heavy atom. The number of hydrogen-bond acceptors (Lipinski definition) is 3. The second-order valence-corrected chi connectivity index (χ2v) is 7.31. The van der Waals surface area contributed by atoms with Crippen molar-refractivity contribution < 1.29 is 43.5 Å². The summed E-state index contributed by atoms with van der Waals surface area (Å²) in [4.78, 5) is 0. The summed E-state index contributed by atoms with van der Waals surface area (Å²) in [6.45, 7) is -1.02. The van der Waals surface area contributed by atoms with Crippen LogP contribution in [-0.2, 0) is 21.1 Å². The fourth-order valence-electron chi connectivity index (χ4n) is 1.71. The highest BCUT2D eigenvalue weighted by Crippen LogP contribution is 2.50. The van der Waals surface area contributed by atoms with Crippen molar-refractivity contribution in [2.45, 2.75) is 35.7 Å². The summed E-state index contributed by atoms with van der Waals surface area (Å²) >= 11 is -4.68. The van der Waals surface area contributed by atoms with E-state index >= 15 is 0 Å². The lowest BCUT2D eigenvalue weighted by Crippen LogP contribution is -2.62. The van der Waals surface area contributed by atoms with Gasteiger partial charge in [0, 0.05) is 13.1 Å². The van der Waals surface area contributed by atoms with Gasteiger partial charge in [-0.1, -0.05) is 6.42 Å². The molecular formula is C8H11F6NO4S2. The third-order valence-electron chi connectivity index (χ3n) is 2.93. The summed E-state index contributed by atoms with van der Waals surface area (Å²) in [5.74, 6) is -6.55. The predicted molar refractivity (Wildman–Crippen MR) is 60.0 cm³/mol. The molecule has 1 aliphatic rings. The van der Waals surface area contributed by atoms with Gasteiger partial charge in [-0.05, 0) is 12.8 Å². The minimum absolute atomic E-state index is 0.0131. The fraction of sp³-hybridized carbons (Fsp3) is 1.00.